The van der Waals surface area contributed by atoms with E-state index in [-0.39, 0.29) is 5.41 Å². The first-order valence-electron chi connectivity index (χ1n) is 5.73. The summed E-state index contributed by atoms with van der Waals surface area (Å²) < 4.78 is 2.24. The van der Waals surface area contributed by atoms with Crippen LogP contribution >= 0.6 is 0 Å². The first kappa shape index (κ1) is 13.2. The lowest BCUT2D eigenvalue weighted by Gasteiger charge is -2.29. The molecule has 0 atom stereocenters. The number of aromatic nitrogens is 2. The molecule has 0 aliphatic rings. The molecule has 0 saturated heterocycles. The Labute approximate surface area is 98.7 Å². The minimum absolute atomic E-state index is 0.257. The molecular weight excluding hydrogens is 200 g/mol. The van der Waals surface area contributed by atoms with E-state index in [0.29, 0.717) is 0 Å². The molecule has 0 aliphatic carbocycles. The van der Waals surface area contributed by atoms with E-state index in [2.05, 4.69) is 47.7 Å². The molecule has 0 spiro atoms. The van der Waals surface area contributed by atoms with Crippen LogP contribution in [0.1, 0.15) is 19.5 Å². The van der Waals surface area contributed by atoms with E-state index in [4.69, 9.17) is 0 Å². The molecule has 1 N–H and O–H groups in total. The molecule has 1 rings (SSSR count). The fourth-order valence-corrected chi connectivity index (χ4v) is 2.19. The summed E-state index contributed by atoms with van der Waals surface area (Å²) in [7, 11) is 6.19. The Kier molecular flexibility index (Phi) is 4.50. The van der Waals surface area contributed by atoms with Crippen LogP contribution in [0.5, 0.6) is 0 Å². The molecule has 0 bridgehead atoms. The zero-order valence-corrected chi connectivity index (χ0v) is 11.1. The molecular formula is C12H24N4. The third-order valence-corrected chi connectivity index (χ3v) is 2.50. The molecule has 0 fully saturated rings. The number of rotatable bonds is 6. The van der Waals surface area contributed by atoms with Gasteiger partial charge in [-0.3, -0.25) is 0 Å². The summed E-state index contributed by atoms with van der Waals surface area (Å²) in [6, 6.07) is 0. The van der Waals surface area contributed by atoms with Crippen molar-refractivity contribution in [3.63, 3.8) is 0 Å². The summed E-state index contributed by atoms with van der Waals surface area (Å²) in [6.07, 6.45) is 3.85. The van der Waals surface area contributed by atoms with Crippen LogP contribution in [0.3, 0.4) is 0 Å². The third-order valence-electron chi connectivity index (χ3n) is 2.50. The molecule has 16 heavy (non-hydrogen) atoms. The number of nitrogens with one attached hydrogen (secondary N) is 1. The topological polar surface area (TPSA) is 33.1 Å². The summed E-state index contributed by atoms with van der Waals surface area (Å²) in [6.45, 7) is 7.52. The lowest BCUT2D eigenvalue weighted by molar-refractivity contribution is 0.209. The van der Waals surface area contributed by atoms with Crippen LogP contribution in [0.25, 0.3) is 0 Å². The van der Waals surface area contributed by atoms with Gasteiger partial charge in [0.1, 0.15) is 0 Å². The first-order valence-corrected chi connectivity index (χ1v) is 5.73. The van der Waals surface area contributed by atoms with Crippen LogP contribution < -0.4 is 5.32 Å². The minimum atomic E-state index is 0.257. The largest absolute Gasteiger partial charge is 0.333 e. The zero-order chi connectivity index (χ0) is 12.2. The van der Waals surface area contributed by atoms with Gasteiger partial charge >= 0.3 is 0 Å². The second-order valence-electron chi connectivity index (χ2n) is 5.45. The highest BCUT2D eigenvalue weighted by molar-refractivity contribution is 4.98. The molecule has 92 valence electrons. The van der Waals surface area contributed by atoms with E-state index in [1.807, 2.05) is 19.6 Å². The van der Waals surface area contributed by atoms with Gasteiger partial charge in [0.2, 0.25) is 0 Å². The van der Waals surface area contributed by atoms with Crippen LogP contribution in [0, 0.1) is 5.41 Å². The molecule has 1 heterocycles. The molecule has 0 aromatic carbocycles. The molecule has 0 amide bonds. The highest BCUT2D eigenvalue weighted by Gasteiger charge is 2.20. The number of nitrogens with zero attached hydrogens (tertiary/aromatic N) is 3. The minimum Gasteiger partial charge on any atom is -0.333 e. The summed E-state index contributed by atoms with van der Waals surface area (Å²) >= 11 is 0. The van der Waals surface area contributed by atoms with Crippen molar-refractivity contribution in [2.45, 2.75) is 26.9 Å². The van der Waals surface area contributed by atoms with Gasteiger partial charge in [0, 0.05) is 25.8 Å². The Bertz CT molecular complexity index is 315. The van der Waals surface area contributed by atoms with Crippen molar-refractivity contribution in [2.75, 3.05) is 27.7 Å². The smallest absolute Gasteiger partial charge is 0.0948 e. The Balaban J connectivity index is 2.67. The summed E-state index contributed by atoms with van der Waals surface area (Å²) in [5.41, 5.74) is 1.50. The summed E-state index contributed by atoms with van der Waals surface area (Å²) in [4.78, 5) is 6.44. The fraction of sp³-hybridized carbons (Fsp3) is 0.750. The van der Waals surface area contributed by atoms with Crippen molar-refractivity contribution in [1.82, 2.24) is 19.8 Å². The average Bonchev–Trinajstić information content (AvgIpc) is 2.50. The molecule has 0 aliphatic heterocycles. The van der Waals surface area contributed by atoms with Gasteiger partial charge in [-0.05, 0) is 26.6 Å². The van der Waals surface area contributed by atoms with Crippen molar-refractivity contribution in [3.8, 4) is 0 Å². The SMILES string of the molecule is CNCc1cncn1CC(C)(C)CN(C)C. The van der Waals surface area contributed by atoms with Crippen molar-refractivity contribution >= 4 is 0 Å². The average molecular weight is 224 g/mol. The predicted octanol–water partition coefficient (Wildman–Crippen LogP) is 1.19. The van der Waals surface area contributed by atoms with E-state index >= 15 is 0 Å². The Morgan fingerprint density at radius 3 is 2.69 bits per heavy atom. The number of hydrogen-bond donors (Lipinski definition) is 1. The van der Waals surface area contributed by atoms with Crippen LogP contribution in [-0.4, -0.2) is 42.1 Å². The van der Waals surface area contributed by atoms with Gasteiger partial charge in [0.25, 0.3) is 0 Å². The normalized spacial score (nSPS) is 12.4. The molecule has 4 nitrogen and oxygen atoms in total. The van der Waals surface area contributed by atoms with E-state index in [9.17, 15) is 0 Å². The lowest BCUT2D eigenvalue weighted by Crippen LogP contribution is -2.32. The van der Waals surface area contributed by atoms with Crippen molar-refractivity contribution in [2.24, 2.45) is 5.41 Å². The van der Waals surface area contributed by atoms with E-state index in [1.54, 1.807) is 0 Å². The maximum absolute atomic E-state index is 4.21. The highest BCUT2D eigenvalue weighted by Crippen LogP contribution is 2.19. The number of imidazole rings is 1. The van der Waals surface area contributed by atoms with Crippen LogP contribution in [-0.2, 0) is 13.1 Å². The second kappa shape index (κ2) is 5.46. The Morgan fingerprint density at radius 1 is 1.44 bits per heavy atom. The van der Waals surface area contributed by atoms with Gasteiger partial charge in [0.15, 0.2) is 0 Å². The fourth-order valence-electron chi connectivity index (χ4n) is 2.19. The van der Waals surface area contributed by atoms with Crippen molar-refractivity contribution in [1.29, 1.82) is 0 Å². The molecule has 0 saturated carbocycles. The van der Waals surface area contributed by atoms with Crippen LogP contribution in [0.15, 0.2) is 12.5 Å². The van der Waals surface area contributed by atoms with Crippen molar-refractivity contribution in [3.05, 3.63) is 18.2 Å². The van der Waals surface area contributed by atoms with Crippen LogP contribution in [0.2, 0.25) is 0 Å². The predicted molar refractivity (Wildman–Crippen MR) is 67.3 cm³/mol. The lowest BCUT2D eigenvalue weighted by atomic mass is 9.93. The monoisotopic (exact) mass is 224 g/mol. The Morgan fingerprint density at radius 2 is 2.12 bits per heavy atom. The summed E-state index contributed by atoms with van der Waals surface area (Å²) in [5.74, 6) is 0. The third kappa shape index (κ3) is 3.94. The quantitative estimate of drug-likeness (QED) is 0.788. The van der Waals surface area contributed by atoms with Gasteiger partial charge in [-0.2, -0.15) is 0 Å². The number of hydrogen-bond acceptors (Lipinski definition) is 3. The van der Waals surface area contributed by atoms with E-state index in [0.717, 1.165) is 19.6 Å². The standard InChI is InChI=1S/C12H24N4/c1-12(2,8-15(4)5)9-16-10-14-7-11(16)6-13-3/h7,10,13H,6,8-9H2,1-5H3. The molecule has 1 aromatic heterocycles. The van der Waals surface area contributed by atoms with Gasteiger partial charge in [-0.1, -0.05) is 13.8 Å². The maximum Gasteiger partial charge on any atom is 0.0948 e. The van der Waals surface area contributed by atoms with Gasteiger partial charge < -0.3 is 14.8 Å². The molecule has 1 aromatic rings. The van der Waals surface area contributed by atoms with Crippen LogP contribution in [0.4, 0.5) is 0 Å². The van der Waals surface area contributed by atoms with Crippen molar-refractivity contribution < 1.29 is 0 Å². The van der Waals surface area contributed by atoms with Gasteiger partial charge in [0.05, 0.1) is 12.0 Å². The maximum atomic E-state index is 4.21. The second-order valence-corrected chi connectivity index (χ2v) is 5.45. The summed E-state index contributed by atoms with van der Waals surface area (Å²) in [5, 5.41) is 3.17. The highest BCUT2D eigenvalue weighted by atomic mass is 15.1. The molecule has 4 heteroatoms. The first-order chi connectivity index (χ1) is 7.44. The molecule has 0 radical (unpaired) electrons. The van der Waals surface area contributed by atoms with E-state index < -0.39 is 0 Å². The Hall–Kier alpha value is -0.870. The zero-order valence-electron chi connectivity index (χ0n) is 11.1. The molecule has 0 unspecified atom stereocenters. The van der Waals surface area contributed by atoms with Gasteiger partial charge in [-0.15, -0.1) is 0 Å². The van der Waals surface area contributed by atoms with E-state index in [1.165, 1.54) is 5.69 Å². The van der Waals surface area contributed by atoms with Gasteiger partial charge in [-0.25, -0.2) is 4.98 Å².